The van der Waals surface area contributed by atoms with Crippen LogP contribution in [0.25, 0.3) is 22.5 Å². The van der Waals surface area contributed by atoms with Gasteiger partial charge in [0.25, 0.3) is 5.91 Å². The molecule has 4 aromatic rings. The van der Waals surface area contributed by atoms with Crippen molar-refractivity contribution in [2.75, 3.05) is 26.6 Å². The first-order chi connectivity index (χ1) is 15.1. The van der Waals surface area contributed by atoms with Gasteiger partial charge in [0, 0.05) is 28.9 Å². The summed E-state index contributed by atoms with van der Waals surface area (Å²) < 4.78 is 16.1. The van der Waals surface area contributed by atoms with Crippen LogP contribution in [0.4, 0.5) is 5.13 Å². The predicted octanol–water partition coefficient (Wildman–Crippen LogP) is 3.87. The van der Waals surface area contributed by atoms with E-state index in [4.69, 9.17) is 14.2 Å². The van der Waals surface area contributed by atoms with Crippen LogP contribution in [-0.2, 0) is 0 Å². The molecular weight excluding hydrogens is 418 g/mol. The largest absolute Gasteiger partial charge is 0.493 e. The predicted molar refractivity (Wildman–Crippen MR) is 117 cm³/mol. The highest BCUT2D eigenvalue weighted by atomic mass is 32.1. The fraction of sp³-hybridized carbons (Fsp3) is 0.143. The summed E-state index contributed by atoms with van der Waals surface area (Å²) in [6, 6.07) is 8.92. The molecule has 158 valence electrons. The molecule has 0 fully saturated rings. The Morgan fingerprint density at radius 2 is 1.81 bits per heavy atom. The van der Waals surface area contributed by atoms with Gasteiger partial charge in [-0.1, -0.05) is 0 Å². The van der Waals surface area contributed by atoms with Crippen molar-refractivity contribution >= 4 is 22.4 Å². The van der Waals surface area contributed by atoms with E-state index in [0.717, 1.165) is 11.3 Å². The molecule has 10 heteroatoms. The first-order valence-electron chi connectivity index (χ1n) is 9.16. The molecule has 9 nitrogen and oxygen atoms in total. The molecule has 0 aliphatic rings. The Morgan fingerprint density at radius 3 is 2.45 bits per heavy atom. The van der Waals surface area contributed by atoms with Gasteiger partial charge >= 0.3 is 0 Å². The lowest BCUT2D eigenvalue weighted by molar-refractivity contribution is 0.102. The molecule has 0 spiro atoms. The Kier molecular flexibility index (Phi) is 5.80. The number of hydrogen-bond donors (Lipinski definition) is 2. The summed E-state index contributed by atoms with van der Waals surface area (Å²) in [6.45, 7) is 0. The highest BCUT2D eigenvalue weighted by Crippen LogP contribution is 2.40. The molecule has 1 amide bonds. The molecule has 0 aliphatic heterocycles. The van der Waals surface area contributed by atoms with E-state index >= 15 is 0 Å². The fourth-order valence-corrected chi connectivity index (χ4v) is 3.67. The molecule has 0 saturated heterocycles. The highest BCUT2D eigenvalue weighted by Gasteiger charge is 2.18. The van der Waals surface area contributed by atoms with Gasteiger partial charge in [-0.2, -0.15) is 5.10 Å². The molecule has 3 aromatic heterocycles. The smallest absolute Gasteiger partial charge is 0.275 e. The monoisotopic (exact) mass is 437 g/mol. The van der Waals surface area contributed by atoms with Crippen LogP contribution in [0.3, 0.4) is 0 Å². The van der Waals surface area contributed by atoms with Crippen molar-refractivity contribution in [2.45, 2.75) is 0 Å². The molecule has 0 saturated carbocycles. The van der Waals surface area contributed by atoms with Crippen molar-refractivity contribution in [1.29, 1.82) is 0 Å². The number of methoxy groups -OCH3 is 3. The molecule has 4 rings (SSSR count). The Balaban J connectivity index is 1.54. The Bertz CT molecular complexity index is 1180. The van der Waals surface area contributed by atoms with Gasteiger partial charge in [-0.3, -0.25) is 20.2 Å². The zero-order valence-electron chi connectivity index (χ0n) is 17.0. The van der Waals surface area contributed by atoms with E-state index in [0.29, 0.717) is 39.3 Å². The molecule has 0 bridgehead atoms. The maximum absolute atomic E-state index is 12.7. The zero-order chi connectivity index (χ0) is 21.8. The number of aromatic amines is 1. The number of aromatic nitrogens is 4. The van der Waals surface area contributed by atoms with Crippen LogP contribution < -0.4 is 19.5 Å². The third-order valence-electron chi connectivity index (χ3n) is 4.46. The molecule has 1 aromatic carbocycles. The van der Waals surface area contributed by atoms with Crippen molar-refractivity contribution < 1.29 is 19.0 Å². The number of ether oxygens (including phenoxy) is 3. The first-order valence-corrected chi connectivity index (χ1v) is 10.0. The molecule has 0 atom stereocenters. The van der Waals surface area contributed by atoms with Gasteiger partial charge in [-0.05, 0) is 30.3 Å². The Morgan fingerprint density at radius 1 is 1.03 bits per heavy atom. The topological polar surface area (TPSA) is 111 Å². The normalized spacial score (nSPS) is 10.5. The minimum absolute atomic E-state index is 0.293. The summed E-state index contributed by atoms with van der Waals surface area (Å²) in [7, 11) is 4.62. The van der Waals surface area contributed by atoms with Crippen LogP contribution in [-0.4, -0.2) is 47.4 Å². The van der Waals surface area contributed by atoms with Crippen LogP contribution in [0.1, 0.15) is 10.5 Å². The minimum atomic E-state index is -0.349. The number of amides is 1. The van der Waals surface area contributed by atoms with Crippen LogP contribution in [0, 0.1) is 0 Å². The number of benzene rings is 1. The highest BCUT2D eigenvalue weighted by molar-refractivity contribution is 7.14. The molecular formula is C21H19N5O4S. The molecule has 0 radical (unpaired) electrons. The Hall–Kier alpha value is -3.92. The van der Waals surface area contributed by atoms with Gasteiger partial charge in [-0.15, -0.1) is 11.3 Å². The number of nitrogens with one attached hydrogen (secondary N) is 2. The van der Waals surface area contributed by atoms with Crippen LogP contribution >= 0.6 is 11.3 Å². The van der Waals surface area contributed by atoms with E-state index in [-0.39, 0.29) is 5.91 Å². The number of rotatable bonds is 7. The number of carbonyl (C=O) groups excluding carboxylic acids is 1. The molecule has 0 unspecified atom stereocenters. The van der Waals surface area contributed by atoms with Crippen molar-refractivity contribution in [3.8, 4) is 39.8 Å². The van der Waals surface area contributed by atoms with Gasteiger partial charge in [0.1, 0.15) is 5.69 Å². The lowest BCUT2D eigenvalue weighted by Gasteiger charge is -2.13. The van der Waals surface area contributed by atoms with E-state index in [1.165, 1.54) is 32.7 Å². The summed E-state index contributed by atoms with van der Waals surface area (Å²) >= 11 is 1.33. The van der Waals surface area contributed by atoms with Gasteiger partial charge < -0.3 is 14.2 Å². The molecule has 0 aliphatic carbocycles. The average Bonchev–Trinajstić information content (AvgIpc) is 3.49. The third kappa shape index (κ3) is 4.19. The summed E-state index contributed by atoms with van der Waals surface area (Å²) in [4.78, 5) is 21.2. The van der Waals surface area contributed by atoms with E-state index in [9.17, 15) is 4.79 Å². The molecule has 2 N–H and O–H groups in total. The van der Waals surface area contributed by atoms with Gasteiger partial charge in [0.15, 0.2) is 16.6 Å². The standard InChI is InChI=1S/C21H19N5O4S/c1-28-17-7-13(8-18(29-2)19(17)30-3)14-9-15(26-25-14)20(27)24-21-23-16(11-31-21)12-5-4-6-22-10-12/h4-11H,1-3H3,(H,25,26)(H,23,24,27). The summed E-state index contributed by atoms with van der Waals surface area (Å²) in [5, 5.41) is 12.1. The number of pyridine rings is 1. The van der Waals surface area contributed by atoms with Crippen molar-refractivity contribution in [3.63, 3.8) is 0 Å². The van der Waals surface area contributed by atoms with Crippen LogP contribution in [0.15, 0.2) is 48.1 Å². The number of thiazole rings is 1. The Labute approximate surface area is 182 Å². The summed E-state index contributed by atoms with van der Waals surface area (Å²) in [5.74, 6) is 1.13. The molecule has 31 heavy (non-hydrogen) atoms. The van der Waals surface area contributed by atoms with E-state index < -0.39 is 0 Å². The second-order valence-corrected chi connectivity index (χ2v) is 7.17. The van der Waals surface area contributed by atoms with E-state index in [1.54, 1.807) is 30.6 Å². The van der Waals surface area contributed by atoms with Crippen molar-refractivity contribution in [1.82, 2.24) is 20.2 Å². The van der Waals surface area contributed by atoms with Gasteiger partial charge in [-0.25, -0.2) is 4.98 Å². The SMILES string of the molecule is COc1cc(-c2cc(C(=O)Nc3nc(-c4cccnc4)cs3)[nH]n2)cc(OC)c1OC. The summed E-state index contributed by atoms with van der Waals surface area (Å²) in [5.41, 5.74) is 3.18. The number of anilines is 1. The van der Waals surface area contributed by atoms with E-state index in [2.05, 4.69) is 25.5 Å². The van der Waals surface area contributed by atoms with Crippen molar-refractivity contribution in [3.05, 3.63) is 53.8 Å². The summed E-state index contributed by atoms with van der Waals surface area (Å²) in [6.07, 6.45) is 3.42. The quantitative estimate of drug-likeness (QED) is 0.451. The second kappa shape index (κ2) is 8.84. The van der Waals surface area contributed by atoms with Gasteiger partial charge in [0.2, 0.25) is 5.75 Å². The first kappa shape index (κ1) is 20.4. The second-order valence-electron chi connectivity index (χ2n) is 6.31. The number of nitrogens with zero attached hydrogens (tertiary/aromatic N) is 3. The third-order valence-corrected chi connectivity index (χ3v) is 5.22. The molecule has 3 heterocycles. The van der Waals surface area contributed by atoms with Crippen LogP contribution in [0.2, 0.25) is 0 Å². The lowest BCUT2D eigenvalue weighted by Crippen LogP contribution is -2.12. The van der Waals surface area contributed by atoms with Crippen LogP contribution in [0.5, 0.6) is 17.2 Å². The average molecular weight is 437 g/mol. The zero-order valence-corrected chi connectivity index (χ0v) is 17.8. The lowest BCUT2D eigenvalue weighted by atomic mass is 10.1. The fourth-order valence-electron chi connectivity index (χ4n) is 2.96. The number of carbonyl (C=O) groups is 1. The number of hydrogen-bond acceptors (Lipinski definition) is 8. The van der Waals surface area contributed by atoms with Gasteiger partial charge in [0.05, 0.1) is 32.7 Å². The maximum Gasteiger partial charge on any atom is 0.275 e. The minimum Gasteiger partial charge on any atom is -0.493 e. The van der Waals surface area contributed by atoms with Crippen molar-refractivity contribution in [2.24, 2.45) is 0 Å². The maximum atomic E-state index is 12.7. The number of H-pyrrole nitrogens is 1. The van der Waals surface area contributed by atoms with E-state index in [1.807, 2.05) is 17.5 Å².